The number of hydrogen-bond donors (Lipinski definition) is 3. The summed E-state index contributed by atoms with van der Waals surface area (Å²) in [4.78, 5) is 11.1. The van der Waals surface area contributed by atoms with E-state index in [0.717, 1.165) is 0 Å². The van der Waals surface area contributed by atoms with Crippen molar-refractivity contribution >= 4 is 23.5 Å². The van der Waals surface area contributed by atoms with Gasteiger partial charge in [-0.3, -0.25) is 4.79 Å². The van der Waals surface area contributed by atoms with E-state index < -0.39 is 5.41 Å². The van der Waals surface area contributed by atoms with E-state index >= 15 is 0 Å². The molecule has 0 fully saturated rings. The first-order valence-electron chi connectivity index (χ1n) is 4.17. The van der Waals surface area contributed by atoms with Gasteiger partial charge in [-0.05, 0) is 6.26 Å². The molecule has 0 aliphatic heterocycles. The van der Waals surface area contributed by atoms with Gasteiger partial charge in [-0.25, -0.2) is 0 Å². The van der Waals surface area contributed by atoms with Crippen LogP contribution in [-0.4, -0.2) is 35.5 Å². The Hall–Kier alpha value is -0.910. The summed E-state index contributed by atoms with van der Waals surface area (Å²) in [5.74, 6) is 0.491. The number of amidine groups is 1. The maximum atomic E-state index is 11.1. The fraction of sp³-hybridized carbons (Fsp3) is 0.750. The van der Waals surface area contributed by atoms with Crippen LogP contribution in [0.2, 0.25) is 0 Å². The summed E-state index contributed by atoms with van der Waals surface area (Å²) in [6.07, 6.45) is 1.86. The first-order chi connectivity index (χ1) is 6.44. The molecule has 0 radical (unpaired) electrons. The molecule has 4 N–H and O–H groups in total. The summed E-state index contributed by atoms with van der Waals surface area (Å²) in [7, 11) is 0. The Morgan fingerprint density at radius 1 is 1.64 bits per heavy atom. The van der Waals surface area contributed by atoms with Crippen molar-refractivity contribution in [2.45, 2.75) is 13.8 Å². The first kappa shape index (κ1) is 13.1. The molecule has 5 nitrogen and oxygen atoms in total. The molecule has 0 aromatic heterocycles. The highest BCUT2D eigenvalue weighted by atomic mass is 32.2. The number of nitrogens with two attached hydrogens (primary N) is 1. The molecule has 0 bridgehead atoms. The lowest BCUT2D eigenvalue weighted by Crippen LogP contribution is -2.43. The summed E-state index contributed by atoms with van der Waals surface area (Å²) >= 11 is 1.45. The topological polar surface area (TPSA) is 87.7 Å². The molecule has 14 heavy (non-hydrogen) atoms. The number of carbonyl (C=O) groups excluding carboxylic acids is 1. The van der Waals surface area contributed by atoms with Crippen molar-refractivity contribution in [1.82, 2.24) is 5.32 Å². The minimum absolute atomic E-state index is 0.0451. The smallest absolute Gasteiger partial charge is 0.230 e. The van der Waals surface area contributed by atoms with Crippen LogP contribution >= 0.6 is 11.8 Å². The maximum Gasteiger partial charge on any atom is 0.230 e. The van der Waals surface area contributed by atoms with E-state index in [1.54, 1.807) is 13.8 Å². The maximum absolute atomic E-state index is 11.1. The van der Waals surface area contributed by atoms with E-state index in [1.165, 1.54) is 11.8 Å². The zero-order valence-electron chi connectivity index (χ0n) is 8.70. The highest BCUT2D eigenvalue weighted by Gasteiger charge is 2.23. The van der Waals surface area contributed by atoms with Crippen molar-refractivity contribution in [3.63, 3.8) is 0 Å². The zero-order chi connectivity index (χ0) is 11.2. The molecule has 0 spiro atoms. The fourth-order valence-electron chi connectivity index (χ4n) is 0.728. The van der Waals surface area contributed by atoms with Crippen LogP contribution in [0.3, 0.4) is 0 Å². The Balaban J connectivity index is 4.05. The molecule has 0 unspecified atom stereocenters. The van der Waals surface area contributed by atoms with Gasteiger partial charge in [0, 0.05) is 12.0 Å². The monoisotopic (exact) mass is 219 g/mol. The number of rotatable bonds is 5. The van der Waals surface area contributed by atoms with Gasteiger partial charge in [-0.2, -0.15) is 11.8 Å². The van der Waals surface area contributed by atoms with Crippen molar-refractivity contribution in [1.29, 1.82) is 0 Å². The van der Waals surface area contributed by atoms with Gasteiger partial charge in [0.25, 0.3) is 0 Å². The van der Waals surface area contributed by atoms with Gasteiger partial charge < -0.3 is 16.3 Å². The number of nitrogens with one attached hydrogen (secondary N) is 1. The third kappa shape index (κ3) is 4.36. The van der Waals surface area contributed by atoms with E-state index in [4.69, 9.17) is 10.9 Å². The number of oxime groups is 1. The molecule has 6 heteroatoms. The quantitative estimate of drug-likeness (QED) is 0.267. The molecule has 0 saturated heterocycles. The lowest BCUT2D eigenvalue weighted by molar-refractivity contribution is -0.118. The van der Waals surface area contributed by atoms with Gasteiger partial charge in [0.05, 0.1) is 5.75 Å². The first-order valence-corrected chi connectivity index (χ1v) is 5.57. The van der Waals surface area contributed by atoms with Gasteiger partial charge in [0.15, 0.2) is 0 Å². The van der Waals surface area contributed by atoms with E-state index in [-0.39, 0.29) is 11.7 Å². The average molecular weight is 219 g/mol. The Morgan fingerprint density at radius 2 is 2.21 bits per heavy atom. The van der Waals surface area contributed by atoms with E-state index in [0.29, 0.717) is 12.3 Å². The third-order valence-electron chi connectivity index (χ3n) is 1.80. The Kier molecular flexibility index (Phi) is 5.37. The highest BCUT2D eigenvalue weighted by molar-refractivity contribution is 7.99. The molecule has 0 saturated carbocycles. The summed E-state index contributed by atoms with van der Waals surface area (Å²) < 4.78 is 0. The molecule has 0 aromatic carbocycles. The van der Waals surface area contributed by atoms with Gasteiger partial charge in [0.2, 0.25) is 5.91 Å². The largest absolute Gasteiger partial charge is 0.409 e. The minimum atomic E-state index is -0.525. The van der Waals surface area contributed by atoms with Crippen molar-refractivity contribution in [3.05, 3.63) is 0 Å². The zero-order valence-corrected chi connectivity index (χ0v) is 9.52. The summed E-state index contributed by atoms with van der Waals surface area (Å²) in [5.41, 5.74) is 4.93. The van der Waals surface area contributed by atoms with E-state index in [1.807, 2.05) is 6.26 Å². The Morgan fingerprint density at radius 3 is 2.64 bits per heavy atom. The van der Waals surface area contributed by atoms with Crippen molar-refractivity contribution in [2.75, 3.05) is 18.6 Å². The number of carbonyl (C=O) groups is 1. The summed E-state index contributed by atoms with van der Waals surface area (Å²) in [6, 6.07) is 0. The summed E-state index contributed by atoms with van der Waals surface area (Å²) in [6.45, 7) is 3.95. The minimum Gasteiger partial charge on any atom is -0.409 e. The molecule has 1 amide bonds. The lowest BCUT2D eigenvalue weighted by atomic mass is 9.92. The standard InChI is InChI=1S/C8H17N3O2S/c1-8(2,7(9)11-13)5-10-6(12)4-14-3/h13H,4-5H2,1-3H3,(H2,9,11)(H,10,12). The van der Waals surface area contributed by atoms with Crippen LogP contribution in [-0.2, 0) is 4.79 Å². The Bertz CT molecular complexity index is 229. The lowest BCUT2D eigenvalue weighted by Gasteiger charge is -2.22. The molecule has 82 valence electrons. The van der Waals surface area contributed by atoms with Crippen LogP contribution in [0.25, 0.3) is 0 Å². The highest BCUT2D eigenvalue weighted by Crippen LogP contribution is 2.13. The molecular formula is C8H17N3O2S. The Labute approximate surface area is 88.1 Å². The van der Waals surface area contributed by atoms with Gasteiger partial charge >= 0.3 is 0 Å². The van der Waals surface area contributed by atoms with Crippen LogP contribution in [0.5, 0.6) is 0 Å². The molecule has 0 aliphatic rings. The van der Waals surface area contributed by atoms with Gasteiger partial charge in [-0.1, -0.05) is 19.0 Å². The molecule has 0 heterocycles. The van der Waals surface area contributed by atoms with E-state index in [2.05, 4.69) is 10.5 Å². The van der Waals surface area contributed by atoms with Crippen LogP contribution < -0.4 is 11.1 Å². The van der Waals surface area contributed by atoms with Crippen molar-refractivity contribution in [2.24, 2.45) is 16.3 Å². The molecule has 0 aromatic rings. The SMILES string of the molecule is CSCC(=O)NCC(C)(C)C(N)=NO. The predicted molar refractivity (Wildman–Crippen MR) is 58.6 cm³/mol. The number of thioether (sulfide) groups is 1. The van der Waals surface area contributed by atoms with Crippen LogP contribution in [0.1, 0.15) is 13.8 Å². The van der Waals surface area contributed by atoms with Crippen LogP contribution in [0.15, 0.2) is 5.16 Å². The second kappa shape index (κ2) is 5.74. The normalized spacial score (nSPS) is 12.6. The third-order valence-corrected chi connectivity index (χ3v) is 2.35. The average Bonchev–Trinajstić information content (AvgIpc) is 2.14. The summed E-state index contributed by atoms with van der Waals surface area (Å²) in [5, 5.41) is 14.1. The number of amides is 1. The fourth-order valence-corrected chi connectivity index (χ4v) is 1.09. The van der Waals surface area contributed by atoms with E-state index in [9.17, 15) is 4.79 Å². The molecule has 0 atom stereocenters. The molecule has 0 aliphatic carbocycles. The van der Waals surface area contributed by atoms with Crippen molar-refractivity contribution in [3.8, 4) is 0 Å². The van der Waals surface area contributed by atoms with Gasteiger partial charge in [-0.15, -0.1) is 0 Å². The van der Waals surface area contributed by atoms with Gasteiger partial charge in [0.1, 0.15) is 5.84 Å². The van der Waals surface area contributed by atoms with Crippen LogP contribution in [0, 0.1) is 5.41 Å². The predicted octanol–water partition coefficient (Wildman–Crippen LogP) is 0.238. The second-order valence-electron chi connectivity index (χ2n) is 3.58. The number of hydrogen-bond acceptors (Lipinski definition) is 4. The number of nitrogens with zero attached hydrogens (tertiary/aromatic N) is 1. The van der Waals surface area contributed by atoms with Crippen LogP contribution in [0.4, 0.5) is 0 Å². The van der Waals surface area contributed by atoms with Crippen molar-refractivity contribution < 1.29 is 10.0 Å². The second-order valence-corrected chi connectivity index (χ2v) is 4.44. The molecular weight excluding hydrogens is 202 g/mol. The molecule has 0 rings (SSSR count).